The fourth-order valence-corrected chi connectivity index (χ4v) is 1.35. The van der Waals surface area contributed by atoms with Gasteiger partial charge in [-0.1, -0.05) is 12.1 Å². The lowest BCUT2D eigenvalue weighted by Crippen LogP contribution is -2.29. The van der Waals surface area contributed by atoms with Crippen molar-refractivity contribution < 1.29 is 24.1 Å². The molecule has 0 bridgehead atoms. The fraction of sp³-hybridized carbons (Fsp3) is 0.364. The summed E-state index contributed by atoms with van der Waals surface area (Å²) in [5.41, 5.74) is 5.65. The molecular weight excluding hydrogens is 229 g/mol. The van der Waals surface area contributed by atoms with Crippen molar-refractivity contribution in [3.8, 4) is 0 Å². The molecule has 0 heterocycles. The van der Waals surface area contributed by atoms with Crippen LogP contribution in [0.2, 0.25) is 0 Å². The molecule has 1 rings (SSSR count). The van der Waals surface area contributed by atoms with Crippen molar-refractivity contribution in [2.24, 2.45) is 5.73 Å². The molecule has 0 spiro atoms. The number of hydrogen-bond acceptors (Lipinski definition) is 5. The molecule has 1 aromatic rings. The number of rotatable bonds is 4. The molecule has 1 aromatic carbocycles. The van der Waals surface area contributed by atoms with E-state index in [4.69, 9.17) is 5.73 Å². The zero-order valence-electron chi connectivity index (χ0n) is 9.26. The highest BCUT2D eigenvalue weighted by Crippen LogP contribution is 2.20. The molecule has 4 N–H and O–H groups in total. The van der Waals surface area contributed by atoms with Gasteiger partial charge < -0.3 is 20.7 Å². The molecule has 2 atom stereocenters. The summed E-state index contributed by atoms with van der Waals surface area (Å²) >= 11 is 0. The van der Waals surface area contributed by atoms with Crippen LogP contribution in [0.3, 0.4) is 0 Å². The van der Waals surface area contributed by atoms with E-state index in [-0.39, 0.29) is 17.7 Å². The third-order valence-electron chi connectivity index (χ3n) is 2.38. The molecule has 5 nitrogen and oxygen atoms in total. The third kappa shape index (κ3) is 3.00. The first-order valence-corrected chi connectivity index (χ1v) is 4.93. The van der Waals surface area contributed by atoms with Crippen LogP contribution in [0.15, 0.2) is 18.2 Å². The maximum atomic E-state index is 13.4. The van der Waals surface area contributed by atoms with E-state index in [0.717, 1.165) is 13.2 Å². The Morgan fingerprint density at radius 1 is 1.53 bits per heavy atom. The SMILES string of the molecule is COC(=O)C(O)C(O)c1ccc(CN)c(F)c1. The first-order valence-electron chi connectivity index (χ1n) is 4.93. The van der Waals surface area contributed by atoms with Gasteiger partial charge in [0.1, 0.15) is 11.9 Å². The molecule has 0 amide bonds. The minimum atomic E-state index is -1.75. The Kier molecular flexibility index (Phi) is 4.56. The van der Waals surface area contributed by atoms with Crippen LogP contribution in [0.1, 0.15) is 17.2 Å². The molecular formula is C11H14FNO4. The number of carbonyl (C=O) groups excluding carboxylic acids is 1. The summed E-state index contributed by atoms with van der Waals surface area (Å²) in [4.78, 5) is 11.0. The van der Waals surface area contributed by atoms with Crippen molar-refractivity contribution in [3.05, 3.63) is 35.1 Å². The predicted molar refractivity (Wildman–Crippen MR) is 57.3 cm³/mol. The molecule has 0 aliphatic heterocycles. The van der Waals surface area contributed by atoms with Crippen LogP contribution in [-0.4, -0.2) is 29.4 Å². The number of halogens is 1. The van der Waals surface area contributed by atoms with Gasteiger partial charge in [0.25, 0.3) is 0 Å². The van der Waals surface area contributed by atoms with E-state index in [1.54, 1.807) is 0 Å². The van der Waals surface area contributed by atoms with Crippen LogP contribution in [-0.2, 0) is 16.1 Å². The van der Waals surface area contributed by atoms with Crippen LogP contribution in [0.4, 0.5) is 4.39 Å². The molecule has 2 unspecified atom stereocenters. The van der Waals surface area contributed by atoms with Crippen LogP contribution in [0, 0.1) is 5.82 Å². The zero-order valence-corrected chi connectivity index (χ0v) is 9.26. The molecule has 0 aliphatic rings. The Bertz CT molecular complexity index is 410. The van der Waals surface area contributed by atoms with Crippen molar-refractivity contribution in [1.29, 1.82) is 0 Å². The van der Waals surface area contributed by atoms with Crippen LogP contribution in [0.5, 0.6) is 0 Å². The lowest BCUT2D eigenvalue weighted by molar-refractivity contribution is -0.156. The normalized spacial score (nSPS) is 14.2. The highest BCUT2D eigenvalue weighted by Gasteiger charge is 2.26. The van der Waals surface area contributed by atoms with Gasteiger partial charge in [-0.25, -0.2) is 9.18 Å². The van der Waals surface area contributed by atoms with Gasteiger partial charge in [-0.3, -0.25) is 0 Å². The van der Waals surface area contributed by atoms with Gasteiger partial charge in [0.05, 0.1) is 7.11 Å². The summed E-state index contributed by atoms with van der Waals surface area (Å²) < 4.78 is 17.6. The molecule has 0 radical (unpaired) electrons. The average Bonchev–Trinajstić information content (AvgIpc) is 2.35. The zero-order chi connectivity index (χ0) is 13.0. The summed E-state index contributed by atoms with van der Waals surface area (Å²) in [5, 5.41) is 19.0. The highest BCUT2D eigenvalue weighted by atomic mass is 19.1. The standard InChI is InChI=1S/C11H14FNO4/c1-17-11(16)10(15)9(14)6-2-3-7(5-13)8(12)4-6/h2-4,9-10,14-15H,5,13H2,1H3. The summed E-state index contributed by atoms with van der Waals surface area (Å²) in [5.74, 6) is -1.58. The second-order valence-corrected chi connectivity index (χ2v) is 3.47. The monoisotopic (exact) mass is 243 g/mol. The van der Waals surface area contributed by atoms with Crippen LogP contribution < -0.4 is 5.73 Å². The van der Waals surface area contributed by atoms with E-state index in [1.165, 1.54) is 12.1 Å². The van der Waals surface area contributed by atoms with Gasteiger partial charge in [0.2, 0.25) is 0 Å². The van der Waals surface area contributed by atoms with Gasteiger partial charge in [0, 0.05) is 12.1 Å². The molecule has 0 saturated carbocycles. The fourth-order valence-electron chi connectivity index (χ4n) is 1.35. The number of esters is 1. The number of nitrogens with two attached hydrogens (primary N) is 1. The Morgan fingerprint density at radius 2 is 2.18 bits per heavy atom. The van der Waals surface area contributed by atoms with Crippen molar-refractivity contribution in [2.45, 2.75) is 18.8 Å². The van der Waals surface area contributed by atoms with Gasteiger partial charge >= 0.3 is 5.97 Å². The predicted octanol–water partition coefficient (Wildman–Crippen LogP) is -0.148. The number of ether oxygens (including phenoxy) is 1. The number of aliphatic hydroxyl groups is 2. The Labute approximate surface area is 97.6 Å². The van der Waals surface area contributed by atoms with Crippen molar-refractivity contribution >= 4 is 5.97 Å². The first kappa shape index (κ1) is 13.6. The van der Waals surface area contributed by atoms with Crippen LogP contribution in [0.25, 0.3) is 0 Å². The number of benzene rings is 1. The summed E-state index contributed by atoms with van der Waals surface area (Å²) in [6, 6.07) is 3.80. The minimum absolute atomic E-state index is 0.0295. The molecule has 0 aromatic heterocycles. The summed E-state index contributed by atoms with van der Waals surface area (Å²) in [6.07, 6.45) is -3.29. The minimum Gasteiger partial charge on any atom is -0.467 e. The van der Waals surface area contributed by atoms with E-state index in [9.17, 15) is 19.4 Å². The number of aliphatic hydroxyl groups excluding tert-OH is 2. The lowest BCUT2D eigenvalue weighted by atomic mass is 10.0. The third-order valence-corrected chi connectivity index (χ3v) is 2.38. The number of carbonyl (C=O) groups is 1. The van der Waals surface area contributed by atoms with Crippen molar-refractivity contribution in [3.63, 3.8) is 0 Å². The van der Waals surface area contributed by atoms with E-state index in [2.05, 4.69) is 4.74 Å². The number of methoxy groups -OCH3 is 1. The molecule has 0 saturated heterocycles. The van der Waals surface area contributed by atoms with E-state index in [1.807, 2.05) is 0 Å². The lowest BCUT2D eigenvalue weighted by Gasteiger charge is -2.16. The van der Waals surface area contributed by atoms with Gasteiger partial charge in [-0.05, 0) is 11.6 Å². The molecule has 0 aliphatic carbocycles. The molecule has 94 valence electrons. The van der Waals surface area contributed by atoms with E-state index in [0.29, 0.717) is 0 Å². The van der Waals surface area contributed by atoms with Crippen molar-refractivity contribution in [2.75, 3.05) is 7.11 Å². The van der Waals surface area contributed by atoms with E-state index >= 15 is 0 Å². The molecule has 6 heteroatoms. The van der Waals surface area contributed by atoms with Crippen molar-refractivity contribution in [1.82, 2.24) is 0 Å². The van der Waals surface area contributed by atoms with E-state index < -0.39 is 24.0 Å². The Hall–Kier alpha value is -1.50. The maximum Gasteiger partial charge on any atom is 0.337 e. The first-order chi connectivity index (χ1) is 8.01. The average molecular weight is 243 g/mol. The highest BCUT2D eigenvalue weighted by molar-refractivity contribution is 5.75. The number of hydrogen-bond donors (Lipinski definition) is 3. The Balaban J connectivity index is 2.93. The topological polar surface area (TPSA) is 92.8 Å². The summed E-state index contributed by atoms with van der Waals surface area (Å²) in [7, 11) is 1.08. The van der Waals surface area contributed by atoms with Crippen LogP contribution >= 0.6 is 0 Å². The largest absolute Gasteiger partial charge is 0.467 e. The second kappa shape index (κ2) is 5.72. The van der Waals surface area contributed by atoms with Gasteiger partial charge in [-0.15, -0.1) is 0 Å². The smallest absolute Gasteiger partial charge is 0.337 e. The second-order valence-electron chi connectivity index (χ2n) is 3.47. The maximum absolute atomic E-state index is 13.4. The quantitative estimate of drug-likeness (QED) is 0.640. The molecule has 0 fully saturated rings. The molecule has 17 heavy (non-hydrogen) atoms. The van der Waals surface area contributed by atoms with Gasteiger partial charge in [0.15, 0.2) is 6.10 Å². The van der Waals surface area contributed by atoms with Gasteiger partial charge in [-0.2, -0.15) is 0 Å². The summed E-state index contributed by atoms with van der Waals surface area (Å²) in [6.45, 7) is 0.0295. The Morgan fingerprint density at radius 3 is 2.65 bits per heavy atom.